The Labute approximate surface area is 150 Å². The Hall–Kier alpha value is -2.95. The molecule has 0 aliphatic carbocycles. The monoisotopic (exact) mass is 355 g/mol. The number of carbonyl (C=O) groups is 1. The molecule has 3 aromatic carbocycles. The zero-order valence-electron chi connectivity index (χ0n) is 14.3. The molecule has 0 aliphatic heterocycles. The second-order valence-corrected chi connectivity index (χ2v) is 6.06. The normalized spacial score (nSPS) is 12.2. The average Bonchev–Trinajstić information content (AvgIpc) is 2.61. The van der Waals surface area contributed by atoms with E-state index in [0.29, 0.717) is 5.56 Å². The van der Waals surface area contributed by atoms with Gasteiger partial charge in [-0.05, 0) is 41.0 Å². The summed E-state index contributed by atoms with van der Waals surface area (Å²) in [4.78, 5) is 12.4. The Balaban J connectivity index is 1.69. The third-order valence-electron chi connectivity index (χ3n) is 4.19. The molecule has 0 saturated carbocycles. The average molecular weight is 355 g/mol. The van der Waals surface area contributed by atoms with E-state index in [1.54, 1.807) is 12.1 Å². The Morgan fingerprint density at radius 1 is 1.04 bits per heavy atom. The largest absolute Gasteiger partial charge is 0.435 e. The number of rotatable bonds is 6. The summed E-state index contributed by atoms with van der Waals surface area (Å²) in [5.74, 6) is -0.0540. The molecular weight excluding hydrogens is 336 g/mol. The first-order chi connectivity index (χ1) is 12.5. The van der Waals surface area contributed by atoms with Crippen molar-refractivity contribution in [1.82, 2.24) is 5.32 Å². The molecule has 3 aromatic rings. The molecule has 1 atom stereocenters. The van der Waals surface area contributed by atoms with Crippen molar-refractivity contribution >= 4 is 16.7 Å². The first-order valence-corrected chi connectivity index (χ1v) is 8.33. The molecule has 0 fully saturated rings. The summed E-state index contributed by atoms with van der Waals surface area (Å²) in [7, 11) is 0. The van der Waals surface area contributed by atoms with Gasteiger partial charge in [0.1, 0.15) is 5.75 Å². The Morgan fingerprint density at radius 2 is 1.77 bits per heavy atom. The van der Waals surface area contributed by atoms with E-state index in [4.69, 9.17) is 0 Å². The minimum atomic E-state index is -2.87. The molecule has 0 aliphatic rings. The van der Waals surface area contributed by atoms with Gasteiger partial charge in [-0.15, -0.1) is 0 Å². The standard InChI is InChI=1S/C21H19F2NO2/c1-14(16-8-5-10-18(12-16)26-21(22)23)24-20(25)13-17-9-4-7-15-6-2-3-11-19(15)17/h2-12,14,21H,13H2,1H3,(H,24,25)/t14-/m0/s1. The third kappa shape index (κ3) is 4.36. The smallest absolute Gasteiger partial charge is 0.387 e. The van der Waals surface area contributed by atoms with Crippen LogP contribution in [-0.2, 0) is 11.2 Å². The summed E-state index contributed by atoms with van der Waals surface area (Å²) in [5, 5.41) is 5.04. The summed E-state index contributed by atoms with van der Waals surface area (Å²) in [5.41, 5.74) is 1.65. The molecule has 0 heterocycles. The number of amides is 1. The number of hydrogen-bond acceptors (Lipinski definition) is 2. The van der Waals surface area contributed by atoms with Gasteiger partial charge in [0.2, 0.25) is 5.91 Å². The van der Waals surface area contributed by atoms with Crippen molar-refractivity contribution in [3.05, 3.63) is 77.9 Å². The maximum atomic E-state index is 12.4. The molecule has 1 amide bonds. The summed E-state index contributed by atoms with van der Waals surface area (Å²) < 4.78 is 29.1. The van der Waals surface area contributed by atoms with Crippen molar-refractivity contribution < 1.29 is 18.3 Å². The van der Waals surface area contributed by atoms with Gasteiger partial charge in [0.05, 0.1) is 12.5 Å². The number of fused-ring (bicyclic) bond motifs is 1. The van der Waals surface area contributed by atoms with Crippen LogP contribution in [0.3, 0.4) is 0 Å². The van der Waals surface area contributed by atoms with Gasteiger partial charge in [-0.3, -0.25) is 4.79 Å². The highest BCUT2D eigenvalue weighted by Gasteiger charge is 2.13. The lowest BCUT2D eigenvalue weighted by atomic mass is 10.0. The van der Waals surface area contributed by atoms with Gasteiger partial charge in [0.25, 0.3) is 0 Å². The van der Waals surface area contributed by atoms with E-state index in [9.17, 15) is 13.6 Å². The van der Waals surface area contributed by atoms with Gasteiger partial charge in [0, 0.05) is 0 Å². The molecule has 1 N–H and O–H groups in total. The van der Waals surface area contributed by atoms with Crippen molar-refractivity contribution in [1.29, 1.82) is 0 Å². The highest BCUT2D eigenvalue weighted by Crippen LogP contribution is 2.22. The number of hydrogen-bond donors (Lipinski definition) is 1. The van der Waals surface area contributed by atoms with E-state index < -0.39 is 6.61 Å². The number of nitrogens with one attached hydrogen (secondary N) is 1. The Bertz CT molecular complexity index is 906. The van der Waals surface area contributed by atoms with Crippen LogP contribution in [0.2, 0.25) is 0 Å². The van der Waals surface area contributed by atoms with Gasteiger partial charge in [0.15, 0.2) is 0 Å². The maximum Gasteiger partial charge on any atom is 0.387 e. The fraction of sp³-hybridized carbons (Fsp3) is 0.190. The van der Waals surface area contributed by atoms with Crippen molar-refractivity contribution in [2.24, 2.45) is 0 Å². The van der Waals surface area contributed by atoms with Crippen LogP contribution in [0.1, 0.15) is 24.1 Å². The minimum absolute atomic E-state index is 0.0765. The highest BCUT2D eigenvalue weighted by molar-refractivity contribution is 5.90. The molecule has 0 aromatic heterocycles. The second kappa shape index (κ2) is 7.95. The quantitative estimate of drug-likeness (QED) is 0.686. The molecule has 3 nitrogen and oxygen atoms in total. The van der Waals surface area contributed by atoms with Crippen molar-refractivity contribution in [3.8, 4) is 5.75 Å². The van der Waals surface area contributed by atoms with Gasteiger partial charge < -0.3 is 10.1 Å². The molecule has 0 spiro atoms. The highest BCUT2D eigenvalue weighted by atomic mass is 19.3. The summed E-state index contributed by atoms with van der Waals surface area (Å²) in [6.45, 7) is -1.07. The maximum absolute atomic E-state index is 12.4. The first kappa shape index (κ1) is 17.9. The van der Waals surface area contributed by atoms with Gasteiger partial charge >= 0.3 is 6.61 Å². The van der Waals surface area contributed by atoms with Crippen molar-refractivity contribution in [3.63, 3.8) is 0 Å². The van der Waals surface area contributed by atoms with Crippen molar-refractivity contribution in [2.45, 2.75) is 26.0 Å². The number of carbonyl (C=O) groups excluding carboxylic acids is 1. The topological polar surface area (TPSA) is 38.3 Å². The van der Waals surface area contributed by atoms with Crippen LogP contribution < -0.4 is 10.1 Å². The van der Waals surface area contributed by atoms with Crippen LogP contribution in [0.25, 0.3) is 10.8 Å². The fourth-order valence-corrected chi connectivity index (χ4v) is 2.96. The summed E-state index contributed by atoms with van der Waals surface area (Å²) in [6, 6.07) is 19.8. The summed E-state index contributed by atoms with van der Waals surface area (Å²) in [6.07, 6.45) is 0.249. The van der Waals surface area contributed by atoms with E-state index in [0.717, 1.165) is 16.3 Å². The van der Waals surface area contributed by atoms with E-state index in [1.807, 2.05) is 49.4 Å². The lowest BCUT2D eigenvalue weighted by molar-refractivity contribution is -0.121. The third-order valence-corrected chi connectivity index (χ3v) is 4.19. The molecule has 134 valence electrons. The second-order valence-electron chi connectivity index (χ2n) is 6.06. The molecule has 0 saturated heterocycles. The molecule has 26 heavy (non-hydrogen) atoms. The molecule has 0 bridgehead atoms. The lowest BCUT2D eigenvalue weighted by Crippen LogP contribution is -2.28. The van der Waals surface area contributed by atoms with Crippen LogP contribution >= 0.6 is 0 Å². The molecule has 3 rings (SSSR count). The zero-order chi connectivity index (χ0) is 18.5. The number of benzene rings is 3. The predicted molar refractivity (Wildman–Crippen MR) is 97.3 cm³/mol. The van der Waals surface area contributed by atoms with Gasteiger partial charge in [-0.1, -0.05) is 54.6 Å². The Morgan fingerprint density at radius 3 is 2.58 bits per heavy atom. The lowest BCUT2D eigenvalue weighted by Gasteiger charge is -2.16. The first-order valence-electron chi connectivity index (χ1n) is 8.33. The molecule has 0 unspecified atom stereocenters. The number of alkyl halides is 2. The molecule has 5 heteroatoms. The fourth-order valence-electron chi connectivity index (χ4n) is 2.96. The summed E-state index contributed by atoms with van der Waals surface area (Å²) >= 11 is 0. The van der Waals surface area contributed by atoms with Crippen molar-refractivity contribution in [2.75, 3.05) is 0 Å². The van der Waals surface area contributed by atoms with Crippen LogP contribution in [0.15, 0.2) is 66.7 Å². The van der Waals surface area contributed by atoms with E-state index in [2.05, 4.69) is 10.1 Å². The molecular formula is C21H19F2NO2. The SMILES string of the molecule is C[C@H](NC(=O)Cc1cccc2ccccc12)c1cccc(OC(F)F)c1. The van der Waals surface area contributed by atoms with Gasteiger partial charge in [-0.25, -0.2) is 0 Å². The molecule has 0 radical (unpaired) electrons. The van der Waals surface area contributed by atoms with Crippen LogP contribution in [0, 0.1) is 0 Å². The number of ether oxygens (including phenoxy) is 1. The number of halogens is 2. The van der Waals surface area contributed by atoms with E-state index in [-0.39, 0.29) is 24.1 Å². The van der Waals surface area contributed by atoms with Crippen LogP contribution in [-0.4, -0.2) is 12.5 Å². The van der Waals surface area contributed by atoms with E-state index >= 15 is 0 Å². The van der Waals surface area contributed by atoms with Gasteiger partial charge in [-0.2, -0.15) is 8.78 Å². The van der Waals surface area contributed by atoms with E-state index in [1.165, 1.54) is 12.1 Å². The zero-order valence-corrected chi connectivity index (χ0v) is 14.3. The van der Waals surface area contributed by atoms with Crippen LogP contribution in [0.5, 0.6) is 5.75 Å². The predicted octanol–water partition coefficient (Wildman–Crippen LogP) is 4.86. The Kier molecular flexibility index (Phi) is 5.46. The van der Waals surface area contributed by atoms with Crippen LogP contribution in [0.4, 0.5) is 8.78 Å². The minimum Gasteiger partial charge on any atom is -0.435 e.